The van der Waals surface area contributed by atoms with Gasteiger partial charge in [0.15, 0.2) is 0 Å². The second-order valence-electron chi connectivity index (χ2n) is 8.79. The monoisotopic (exact) mass is 422 g/mol. The molecule has 0 aromatic heterocycles. The van der Waals surface area contributed by atoms with Crippen LogP contribution in [-0.2, 0) is 9.53 Å². The Morgan fingerprint density at radius 3 is 2.70 bits per heavy atom. The number of hydrogen-bond acceptors (Lipinski definition) is 3. The van der Waals surface area contributed by atoms with Crippen molar-refractivity contribution in [1.82, 2.24) is 5.01 Å². The average Bonchev–Trinajstić information content (AvgIpc) is 2.97. The topological polar surface area (TPSA) is 55.6 Å². The molecule has 1 aromatic rings. The molecule has 5 nitrogen and oxygen atoms in total. The van der Waals surface area contributed by atoms with Crippen molar-refractivity contribution in [2.45, 2.75) is 56.8 Å². The van der Waals surface area contributed by atoms with Crippen molar-refractivity contribution in [2.24, 2.45) is 5.73 Å². The number of likely N-dealkylation sites (N-methyl/N-ethyl adjacent to an activating group) is 1. The summed E-state index contributed by atoms with van der Waals surface area (Å²) in [7, 11) is 1.78. The van der Waals surface area contributed by atoms with E-state index in [1.165, 1.54) is 6.08 Å². The lowest BCUT2D eigenvalue weighted by Gasteiger charge is -2.60. The Balaban J connectivity index is 1.89. The highest BCUT2D eigenvalue weighted by Crippen LogP contribution is 2.61. The van der Waals surface area contributed by atoms with E-state index >= 15 is 0 Å². The lowest BCUT2D eigenvalue weighted by Crippen LogP contribution is -2.85. The van der Waals surface area contributed by atoms with Crippen LogP contribution >= 0.6 is 0 Å². The van der Waals surface area contributed by atoms with E-state index in [0.29, 0.717) is 25.0 Å². The van der Waals surface area contributed by atoms with E-state index in [-0.39, 0.29) is 22.5 Å². The molecular formula is C22H27F3N3O2+. The van der Waals surface area contributed by atoms with Gasteiger partial charge in [0, 0.05) is 32.3 Å². The van der Waals surface area contributed by atoms with Crippen LogP contribution < -0.4 is 5.73 Å². The molecule has 30 heavy (non-hydrogen) atoms. The molecule has 4 rings (SSSR count). The number of allylic oxidation sites excluding steroid dienone is 2. The molecule has 162 valence electrons. The highest BCUT2D eigenvalue weighted by atomic mass is 19.1. The molecule has 4 unspecified atom stereocenters. The third-order valence-electron chi connectivity index (χ3n) is 6.81. The molecule has 2 heterocycles. The predicted molar refractivity (Wildman–Crippen MR) is 105 cm³/mol. The van der Waals surface area contributed by atoms with E-state index in [1.54, 1.807) is 38.1 Å². The normalized spacial score (nSPS) is 34.6. The maximum atomic E-state index is 14.8. The van der Waals surface area contributed by atoms with E-state index in [1.807, 2.05) is 0 Å². The maximum Gasteiger partial charge on any atom is 0.334 e. The Bertz CT molecular complexity index is 948. The van der Waals surface area contributed by atoms with Gasteiger partial charge in [0.2, 0.25) is 17.5 Å². The summed E-state index contributed by atoms with van der Waals surface area (Å²) in [5, 5.41) is 1.59. The number of rotatable bonds is 5. The van der Waals surface area contributed by atoms with E-state index in [9.17, 15) is 18.0 Å². The Hall–Kier alpha value is -2.16. The SMILES string of the molecule is CC1(C)C(=O)N2C(CCCN)(C3=CCC(F)C=C3)OC(c3cc(F)ccc3F)[N+]21C. The van der Waals surface area contributed by atoms with Gasteiger partial charge in [0.25, 0.3) is 0 Å². The van der Waals surface area contributed by atoms with E-state index in [0.717, 1.165) is 18.2 Å². The Morgan fingerprint density at radius 2 is 2.07 bits per heavy atom. The molecule has 2 aliphatic heterocycles. The summed E-state index contributed by atoms with van der Waals surface area (Å²) in [6, 6.07) is 3.22. The first-order chi connectivity index (χ1) is 14.1. The number of alkyl halides is 1. The number of nitrogens with two attached hydrogens (primary N) is 1. The molecule has 2 N–H and O–H groups in total. The molecule has 4 atom stereocenters. The maximum absolute atomic E-state index is 14.8. The second-order valence-corrected chi connectivity index (χ2v) is 8.79. The van der Waals surface area contributed by atoms with Crippen molar-refractivity contribution in [3.05, 3.63) is 59.2 Å². The fourth-order valence-electron chi connectivity index (χ4n) is 4.84. The number of amides is 1. The summed E-state index contributed by atoms with van der Waals surface area (Å²) in [5.41, 5.74) is 4.28. The first-order valence-electron chi connectivity index (χ1n) is 10.2. The fraction of sp³-hybridized carbons (Fsp3) is 0.500. The molecule has 8 heteroatoms. The molecule has 0 spiro atoms. The lowest BCUT2D eigenvalue weighted by molar-refractivity contribution is -1.09. The van der Waals surface area contributed by atoms with Crippen LogP contribution in [0.5, 0.6) is 0 Å². The van der Waals surface area contributed by atoms with Crippen molar-refractivity contribution in [2.75, 3.05) is 13.6 Å². The summed E-state index contributed by atoms with van der Waals surface area (Å²) in [6.07, 6.45) is 3.76. The van der Waals surface area contributed by atoms with E-state index in [2.05, 4.69) is 0 Å². The van der Waals surface area contributed by atoms with Crippen molar-refractivity contribution < 1.29 is 27.3 Å². The molecular weight excluding hydrogens is 395 g/mol. The van der Waals surface area contributed by atoms with Crippen LogP contribution in [0.2, 0.25) is 0 Å². The van der Waals surface area contributed by atoms with Crippen LogP contribution in [-0.4, -0.2) is 46.5 Å². The quantitative estimate of drug-likeness (QED) is 0.738. The second kappa shape index (κ2) is 6.93. The summed E-state index contributed by atoms with van der Waals surface area (Å²) in [6.45, 7) is 3.89. The average molecular weight is 422 g/mol. The number of quaternary nitrogens is 1. The number of benzene rings is 1. The van der Waals surface area contributed by atoms with Gasteiger partial charge in [-0.2, -0.15) is 4.59 Å². The zero-order chi connectivity index (χ0) is 21.9. The summed E-state index contributed by atoms with van der Waals surface area (Å²) in [4.78, 5) is 13.3. The molecule has 2 saturated heterocycles. The Kier molecular flexibility index (Phi) is 4.87. The van der Waals surface area contributed by atoms with Crippen LogP contribution in [0.15, 0.2) is 42.0 Å². The number of fused-ring (bicyclic) bond motifs is 1. The Labute approximate surface area is 174 Å². The van der Waals surface area contributed by atoms with Crippen molar-refractivity contribution in [3.8, 4) is 0 Å². The van der Waals surface area contributed by atoms with Crippen LogP contribution in [0.3, 0.4) is 0 Å². The minimum Gasteiger partial charge on any atom is -0.330 e. The minimum absolute atomic E-state index is 0.0430. The highest BCUT2D eigenvalue weighted by molar-refractivity contribution is 5.88. The zero-order valence-electron chi connectivity index (χ0n) is 17.4. The third-order valence-corrected chi connectivity index (χ3v) is 6.81. The number of carbonyl (C=O) groups excluding carboxylic acids is 1. The molecule has 0 radical (unpaired) electrons. The smallest absolute Gasteiger partial charge is 0.330 e. The number of carbonyl (C=O) groups is 1. The van der Waals surface area contributed by atoms with Gasteiger partial charge in [-0.1, -0.05) is 12.2 Å². The van der Waals surface area contributed by atoms with Gasteiger partial charge < -0.3 is 5.73 Å². The van der Waals surface area contributed by atoms with Crippen molar-refractivity contribution >= 4 is 5.91 Å². The number of ether oxygens (including phenoxy) is 1. The number of nitrogens with zero attached hydrogens (tertiary/aromatic N) is 2. The van der Waals surface area contributed by atoms with Crippen LogP contribution in [0.25, 0.3) is 0 Å². The van der Waals surface area contributed by atoms with Gasteiger partial charge >= 0.3 is 5.91 Å². The van der Waals surface area contributed by atoms with Crippen molar-refractivity contribution in [3.63, 3.8) is 0 Å². The van der Waals surface area contributed by atoms with Crippen LogP contribution in [0, 0.1) is 11.6 Å². The van der Waals surface area contributed by atoms with Gasteiger partial charge in [-0.15, -0.1) is 5.01 Å². The molecule has 2 fully saturated rings. The number of halogens is 3. The van der Waals surface area contributed by atoms with Crippen molar-refractivity contribution in [1.29, 1.82) is 0 Å². The molecule has 1 aliphatic carbocycles. The highest BCUT2D eigenvalue weighted by Gasteiger charge is 2.80. The van der Waals surface area contributed by atoms with Gasteiger partial charge in [0.05, 0.1) is 12.6 Å². The van der Waals surface area contributed by atoms with Gasteiger partial charge in [-0.05, 0) is 37.2 Å². The van der Waals surface area contributed by atoms with Crippen LogP contribution in [0.4, 0.5) is 13.2 Å². The minimum atomic E-state index is -1.24. The zero-order valence-corrected chi connectivity index (χ0v) is 17.4. The van der Waals surface area contributed by atoms with Gasteiger partial charge in [-0.3, -0.25) is 9.53 Å². The molecule has 1 amide bonds. The fourth-order valence-corrected chi connectivity index (χ4v) is 4.84. The van der Waals surface area contributed by atoms with Gasteiger partial charge in [0.1, 0.15) is 17.8 Å². The first-order valence-corrected chi connectivity index (χ1v) is 10.2. The Morgan fingerprint density at radius 1 is 1.33 bits per heavy atom. The van der Waals surface area contributed by atoms with Gasteiger partial charge in [-0.25, -0.2) is 13.2 Å². The number of hydrogen-bond donors (Lipinski definition) is 1. The predicted octanol–water partition coefficient (Wildman–Crippen LogP) is 3.64. The molecule has 3 aliphatic rings. The van der Waals surface area contributed by atoms with Crippen LogP contribution in [0.1, 0.15) is 44.9 Å². The summed E-state index contributed by atoms with van der Waals surface area (Å²) >= 11 is 0. The molecule has 1 aromatic carbocycles. The van der Waals surface area contributed by atoms with E-state index < -0.39 is 35.3 Å². The summed E-state index contributed by atoms with van der Waals surface area (Å²) < 4.78 is 49.0. The lowest BCUT2D eigenvalue weighted by atomic mass is 9.86. The standard InChI is InChI=1S/C22H27F3N3O2/c1-21(2)20(29)27-22(11-4-12-26,14-5-7-15(23)8-6-14)30-19(28(21,27)3)17-13-16(24)9-10-18(17)25/h5-7,9-10,13,15,19H,4,8,11-12,26H2,1-3H3/q+1. The third kappa shape index (κ3) is 2.63. The first kappa shape index (κ1) is 21.1. The molecule has 0 bridgehead atoms. The van der Waals surface area contributed by atoms with E-state index in [4.69, 9.17) is 10.5 Å². The molecule has 0 saturated carbocycles. The summed E-state index contributed by atoms with van der Waals surface area (Å²) in [5.74, 6) is -1.37. The largest absolute Gasteiger partial charge is 0.334 e.